The smallest absolute Gasteiger partial charge is 0.270 e. The molecule has 0 atom stereocenters. The third-order valence-corrected chi connectivity index (χ3v) is 6.95. The van der Waals surface area contributed by atoms with Crippen LogP contribution < -0.4 is 14.4 Å². The van der Waals surface area contributed by atoms with Crippen LogP contribution in [0.15, 0.2) is 47.4 Å². The van der Waals surface area contributed by atoms with Crippen LogP contribution in [0.3, 0.4) is 0 Å². The molecule has 1 fully saturated rings. The lowest BCUT2D eigenvalue weighted by Gasteiger charge is -2.18. The van der Waals surface area contributed by atoms with E-state index >= 15 is 0 Å². The van der Waals surface area contributed by atoms with E-state index in [0.29, 0.717) is 21.6 Å². The summed E-state index contributed by atoms with van der Waals surface area (Å²) in [4.78, 5) is 15.4. The number of hydrogen-bond acceptors (Lipinski definition) is 5. The number of benzene rings is 2. The molecule has 0 saturated carbocycles. The zero-order valence-corrected chi connectivity index (χ0v) is 21.4. The summed E-state index contributed by atoms with van der Waals surface area (Å²) in [5.74, 6) is 1.31. The number of rotatable bonds is 12. The first-order chi connectivity index (χ1) is 16.1. The molecular formula is C27H33NO3S2. The SMILES string of the molecule is CCCCCCCCOc1ccc(/C=C2\SC(=S)N(c3ccccc3CC)C2=O)cc1OC. The number of ether oxygens (including phenoxy) is 2. The van der Waals surface area contributed by atoms with Crippen LogP contribution >= 0.6 is 24.0 Å². The number of carbonyl (C=O) groups is 1. The van der Waals surface area contributed by atoms with E-state index < -0.39 is 0 Å². The molecule has 1 saturated heterocycles. The number of hydrogen-bond donors (Lipinski definition) is 0. The van der Waals surface area contributed by atoms with Gasteiger partial charge in [-0.25, -0.2) is 0 Å². The van der Waals surface area contributed by atoms with Crippen molar-refractivity contribution in [2.75, 3.05) is 18.6 Å². The molecular weight excluding hydrogens is 450 g/mol. The third kappa shape index (κ3) is 6.61. The summed E-state index contributed by atoms with van der Waals surface area (Å²) in [6.07, 6.45) is 10.0. The van der Waals surface area contributed by atoms with E-state index in [9.17, 15) is 4.79 Å². The largest absolute Gasteiger partial charge is 0.493 e. The van der Waals surface area contributed by atoms with E-state index in [1.165, 1.54) is 43.9 Å². The van der Waals surface area contributed by atoms with Gasteiger partial charge in [-0.05, 0) is 48.2 Å². The molecule has 3 rings (SSSR count). The third-order valence-electron chi connectivity index (χ3n) is 5.65. The average molecular weight is 484 g/mol. The molecule has 0 radical (unpaired) electrons. The first kappa shape index (κ1) is 25.3. The van der Waals surface area contributed by atoms with Gasteiger partial charge in [0.15, 0.2) is 15.8 Å². The van der Waals surface area contributed by atoms with E-state index in [1.54, 1.807) is 12.0 Å². The molecule has 2 aromatic rings. The molecule has 33 heavy (non-hydrogen) atoms. The summed E-state index contributed by atoms with van der Waals surface area (Å²) in [6, 6.07) is 13.7. The second-order valence-corrected chi connectivity index (χ2v) is 9.70. The van der Waals surface area contributed by atoms with Crippen LogP contribution in [-0.4, -0.2) is 23.9 Å². The fraction of sp³-hybridized carbons (Fsp3) is 0.407. The number of para-hydroxylation sites is 1. The predicted molar refractivity (Wildman–Crippen MR) is 143 cm³/mol. The van der Waals surface area contributed by atoms with E-state index in [1.807, 2.05) is 48.5 Å². The first-order valence-corrected chi connectivity index (χ1v) is 13.0. The number of thiocarbonyl (C=S) groups is 1. The highest BCUT2D eigenvalue weighted by molar-refractivity contribution is 8.27. The fourth-order valence-electron chi connectivity index (χ4n) is 3.81. The minimum Gasteiger partial charge on any atom is -0.493 e. The molecule has 0 bridgehead atoms. The van der Waals surface area contributed by atoms with Crippen LogP contribution in [-0.2, 0) is 11.2 Å². The number of amides is 1. The highest BCUT2D eigenvalue weighted by atomic mass is 32.2. The van der Waals surface area contributed by atoms with E-state index in [0.717, 1.165) is 35.4 Å². The molecule has 1 aliphatic heterocycles. The maximum absolute atomic E-state index is 13.2. The number of aryl methyl sites for hydroxylation is 1. The molecule has 1 aliphatic rings. The summed E-state index contributed by atoms with van der Waals surface area (Å²) in [5, 5.41) is 0. The summed E-state index contributed by atoms with van der Waals surface area (Å²) < 4.78 is 12.1. The highest BCUT2D eigenvalue weighted by Gasteiger charge is 2.34. The summed E-state index contributed by atoms with van der Waals surface area (Å²) in [6.45, 7) is 4.98. The van der Waals surface area contributed by atoms with Crippen LogP contribution in [0.1, 0.15) is 63.5 Å². The van der Waals surface area contributed by atoms with Crippen LogP contribution in [0.25, 0.3) is 6.08 Å². The van der Waals surface area contributed by atoms with Gasteiger partial charge in [0.25, 0.3) is 5.91 Å². The summed E-state index contributed by atoms with van der Waals surface area (Å²) >= 11 is 6.87. The Morgan fingerprint density at radius 3 is 2.52 bits per heavy atom. The Morgan fingerprint density at radius 1 is 1.00 bits per heavy atom. The van der Waals surface area contributed by atoms with Crippen LogP contribution in [0.4, 0.5) is 5.69 Å². The maximum Gasteiger partial charge on any atom is 0.270 e. The Balaban J connectivity index is 1.68. The zero-order valence-electron chi connectivity index (χ0n) is 19.8. The molecule has 2 aromatic carbocycles. The lowest BCUT2D eigenvalue weighted by atomic mass is 10.1. The van der Waals surface area contributed by atoms with Gasteiger partial charge in [-0.2, -0.15) is 0 Å². The van der Waals surface area contributed by atoms with Crippen molar-refractivity contribution in [2.24, 2.45) is 0 Å². The number of carbonyl (C=O) groups excluding carboxylic acids is 1. The van der Waals surface area contributed by atoms with Crippen molar-refractivity contribution >= 4 is 46.0 Å². The van der Waals surface area contributed by atoms with Gasteiger partial charge >= 0.3 is 0 Å². The quantitative estimate of drug-likeness (QED) is 0.179. The second kappa shape index (κ2) is 12.8. The molecule has 6 heteroatoms. The van der Waals surface area contributed by atoms with Crippen molar-refractivity contribution < 1.29 is 14.3 Å². The van der Waals surface area contributed by atoms with Crippen molar-refractivity contribution in [3.63, 3.8) is 0 Å². The Hall–Kier alpha value is -2.31. The van der Waals surface area contributed by atoms with Crippen molar-refractivity contribution in [2.45, 2.75) is 58.8 Å². The Labute approximate surface area is 207 Å². The highest BCUT2D eigenvalue weighted by Crippen LogP contribution is 2.38. The van der Waals surface area contributed by atoms with Gasteiger partial charge < -0.3 is 9.47 Å². The molecule has 1 amide bonds. The monoisotopic (exact) mass is 483 g/mol. The Morgan fingerprint density at radius 2 is 1.76 bits per heavy atom. The van der Waals surface area contributed by atoms with Crippen molar-refractivity contribution in [1.29, 1.82) is 0 Å². The molecule has 176 valence electrons. The van der Waals surface area contributed by atoms with Crippen molar-refractivity contribution in [1.82, 2.24) is 0 Å². The van der Waals surface area contributed by atoms with E-state index in [2.05, 4.69) is 13.8 Å². The molecule has 0 aliphatic carbocycles. The Kier molecular flexibility index (Phi) is 9.82. The number of methoxy groups -OCH3 is 1. The standard InChI is InChI=1S/C27H33NO3S2/c1-4-6-7-8-9-12-17-31-23-16-15-20(18-24(23)30-3)19-25-26(29)28(27(32)33-25)22-14-11-10-13-21(22)5-2/h10-11,13-16,18-19H,4-9,12,17H2,1-3H3/b25-19-. The molecule has 1 heterocycles. The first-order valence-electron chi connectivity index (χ1n) is 11.8. The number of thioether (sulfide) groups is 1. The lowest BCUT2D eigenvalue weighted by Crippen LogP contribution is -2.28. The summed E-state index contributed by atoms with van der Waals surface area (Å²) in [7, 11) is 1.64. The second-order valence-electron chi connectivity index (χ2n) is 8.03. The van der Waals surface area contributed by atoms with Gasteiger partial charge in [0.05, 0.1) is 24.3 Å². The van der Waals surface area contributed by atoms with E-state index in [4.69, 9.17) is 21.7 Å². The van der Waals surface area contributed by atoms with Crippen LogP contribution in [0, 0.1) is 0 Å². The van der Waals surface area contributed by atoms with Crippen LogP contribution in [0.2, 0.25) is 0 Å². The molecule has 0 aromatic heterocycles. The predicted octanol–water partition coefficient (Wildman–Crippen LogP) is 7.40. The fourth-order valence-corrected chi connectivity index (χ4v) is 5.10. The minimum absolute atomic E-state index is 0.0896. The van der Waals surface area contributed by atoms with Crippen molar-refractivity contribution in [3.8, 4) is 11.5 Å². The number of nitrogens with zero attached hydrogens (tertiary/aromatic N) is 1. The summed E-state index contributed by atoms with van der Waals surface area (Å²) in [5.41, 5.74) is 2.84. The molecule has 0 spiro atoms. The average Bonchev–Trinajstić information content (AvgIpc) is 3.11. The van der Waals surface area contributed by atoms with Gasteiger partial charge in [0.1, 0.15) is 0 Å². The van der Waals surface area contributed by atoms with Gasteiger partial charge in [-0.3, -0.25) is 9.69 Å². The minimum atomic E-state index is -0.0896. The molecule has 0 unspecified atom stereocenters. The van der Waals surface area contributed by atoms with Gasteiger partial charge in [0, 0.05) is 0 Å². The van der Waals surface area contributed by atoms with Gasteiger partial charge in [0.2, 0.25) is 0 Å². The van der Waals surface area contributed by atoms with Crippen molar-refractivity contribution in [3.05, 3.63) is 58.5 Å². The normalized spacial score (nSPS) is 14.9. The van der Waals surface area contributed by atoms with Gasteiger partial charge in [-0.15, -0.1) is 0 Å². The van der Waals surface area contributed by atoms with Gasteiger partial charge in [-0.1, -0.05) is 94.2 Å². The Bertz CT molecular complexity index is 1000. The lowest BCUT2D eigenvalue weighted by molar-refractivity contribution is -0.113. The zero-order chi connectivity index (χ0) is 23.6. The maximum atomic E-state index is 13.2. The topological polar surface area (TPSA) is 38.8 Å². The molecule has 0 N–H and O–H groups in total. The number of unbranched alkanes of at least 4 members (excludes halogenated alkanes) is 5. The van der Waals surface area contributed by atoms with E-state index in [-0.39, 0.29) is 5.91 Å². The van der Waals surface area contributed by atoms with Crippen LogP contribution in [0.5, 0.6) is 11.5 Å². The number of anilines is 1. The molecule has 4 nitrogen and oxygen atoms in total.